The number of fused-ring (bicyclic) bond motifs is 1. The van der Waals surface area contributed by atoms with Gasteiger partial charge in [0.1, 0.15) is 0 Å². The van der Waals surface area contributed by atoms with Crippen LogP contribution < -0.4 is 10.6 Å². The Morgan fingerprint density at radius 1 is 1.14 bits per heavy atom. The Balaban J connectivity index is 1.76. The zero-order valence-corrected chi connectivity index (χ0v) is 11.8. The summed E-state index contributed by atoms with van der Waals surface area (Å²) in [6.07, 6.45) is 3.12. The van der Waals surface area contributed by atoms with Crippen molar-refractivity contribution in [2.75, 3.05) is 11.1 Å². The average molecular weight is 303 g/mol. The number of hydrogen-bond acceptors (Lipinski definition) is 4. The fourth-order valence-electron chi connectivity index (χ4n) is 2.33. The number of nitrogens with one attached hydrogen (secondary N) is 2. The number of nitrogens with zero attached hydrogens (tertiary/aromatic N) is 1. The minimum atomic E-state index is -3.33. The number of anilines is 1. The molecule has 7 heteroatoms. The second kappa shape index (κ2) is 5.17. The number of pyridine rings is 1. The third kappa shape index (κ3) is 2.73. The van der Waals surface area contributed by atoms with Crippen molar-refractivity contribution in [1.29, 1.82) is 0 Å². The topological polar surface area (TPSA) is 88.2 Å². The molecule has 0 radical (unpaired) electrons. The maximum absolute atomic E-state index is 12.0. The molecule has 108 valence electrons. The number of rotatable bonds is 2. The Labute approximate surface area is 122 Å². The standard InChI is InChI=1S/C14H13N3O3S/c18-14(16-10-5-7-15-8-6-10)17-12-9-21(19,20)13-4-2-1-3-11(12)13/h1-8,12H,9H2,(H2,15,16,17,18). The lowest BCUT2D eigenvalue weighted by Gasteiger charge is -2.13. The summed E-state index contributed by atoms with van der Waals surface area (Å²) in [5, 5.41) is 5.33. The molecule has 6 nitrogen and oxygen atoms in total. The summed E-state index contributed by atoms with van der Waals surface area (Å²) in [7, 11) is -3.33. The van der Waals surface area contributed by atoms with Crippen LogP contribution in [-0.2, 0) is 9.84 Å². The Kier molecular flexibility index (Phi) is 3.34. The summed E-state index contributed by atoms with van der Waals surface area (Å²) in [6, 6.07) is 9.04. The lowest BCUT2D eigenvalue weighted by atomic mass is 10.1. The minimum absolute atomic E-state index is 0.115. The van der Waals surface area contributed by atoms with Gasteiger partial charge in [-0.05, 0) is 23.8 Å². The van der Waals surface area contributed by atoms with Crippen molar-refractivity contribution in [3.8, 4) is 0 Å². The molecule has 0 bridgehead atoms. The van der Waals surface area contributed by atoms with Gasteiger partial charge in [-0.2, -0.15) is 0 Å². The van der Waals surface area contributed by atoms with Gasteiger partial charge in [0.15, 0.2) is 9.84 Å². The first-order valence-corrected chi connectivity index (χ1v) is 8.01. The van der Waals surface area contributed by atoms with Crippen molar-refractivity contribution in [2.45, 2.75) is 10.9 Å². The first-order chi connectivity index (χ1) is 10.1. The zero-order chi connectivity index (χ0) is 14.9. The molecule has 3 rings (SSSR count). The molecule has 2 amide bonds. The van der Waals surface area contributed by atoms with Gasteiger partial charge in [-0.15, -0.1) is 0 Å². The van der Waals surface area contributed by atoms with Crippen molar-refractivity contribution in [2.24, 2.45) is 0 Å². The number of benzene rings is 1. The van der Waals surface area contributed by atoms with Crippen LogP contribution >= 0.6 is 0 Å². The molecule has 0 spiro atoms. The molecule has 21 heavy (non-hydrogen) atoms. The van der Waals surface area contributed by atoms with Gasteiger partial charge in [0, 0.05) is 18.1 Å². The number of sulfone groups is 1. The molecule has 1 aromatic carbocycles. The predicted octanol–water partition coefficient (Wildman–Crippen LogP) is 1.73. The Hall–Kier alpha value is -2.41. The number of carbonyl (C=O) groups is 1. The summed E-state index contributed by atoms with van der Waals surface area (Å²) >= 11 is 0. The van der Waals surface area contributed by atoms with E-state index in [9.17, 15) is 13.2 Å². The van der Waals surface area contributed by atoms with Crippen LogP contribution in [0.2, 0.25) is 0 Å². The van der Waals surface area contributed by atoms with Crippen LogP contribution in [0.5, 0.6) is 0 Å². The molecule has 2 aromatic rings. The smallest absolute Gasteiger partial charge is 0.319 e. The monoisotopic (exact) mass is 303 g/mol. The van der Waals surface area contributed by atoms with Crippen molar-refractivity contribution in [1.82, 2.24) is 10.3 Å². The number of amides is 2. The van der Waals surface area contributed by atoms with E-state index in [0.717, 1.165) is 0 Å². The molecule has 1 atom stereocenters. The fraction of sp³-hybridized carbons (Fsp3) is 0.143. The molecule has 0 saturated heterocycles. The van der Waals surface area contributed by atoms with E-state index in [-0.39, 0.29) is 5.75 Å². The SMILES string of the molecule is O=C(Nc1ccncc1)NC1CS(=O)(=O)c2ccccc21. The van der Waals surface area contributed by atoms with E-state index in [2.05, 4.69) is 15.6 Å². The van der Waals surface area contributed by atoms with Crippen LogP contribution in [0, 0.1) is 0 Å². The fourth-order valence-corrected chi connectivity index (χ4v) is 4.07. The lowest BCUT2D eigenvalue weighted by Crippen LogP contribution is -2.33. The quantitative estimate of drug-likeness (QED) is 0.884. The molecule has 2 heterocycles. The Morgan fingerprint density at radius 3 is 2.62 bits per heavy atom. The summed E-state index contributed by atoms with van der Waals surface area (Å²) in [5.74, 6) is -0.115. The van der Waals surface area contributed by atoms with Gasteiger partial charge < -0.3 is 10.6 Å². The highest BCUT2D eigenvalue weighted by atomic mass is 32.2. The van der Waals surface area contributed by atoms with Crippen LogP contribution in [0.15, 0.2) is 53.7 Å². The van der Waals surface area contributed by atoms with E-state index in [1.807, 2.05) is 0 Å². The van der Waals surface area contributed by atoms with Gasteiger partial charge in [-0.3, -0.25) is 4.98 Å². The van der Waals surface area contributed by atoms with E-state index < -0.39 is 21.9 Å². The Bertz CT molecular complexity index is 775. The molecular weight excluding hydrogens is 290 g/mol. The highest BCUT2D eigenvalue weighted by molar-refractivity contribution is 7.91. The molecule has 0 saturated carbocycles. The van der Waals surface area contributed by atoms with Crippen LogP contribution in [-0.4, -0.2) is 25.2 Å². The maximum Gasteiger partial charge on any atom is 0.319 e. The number of hydrogen-bond donors (Lipinski definition) is 2. The summed E-state index contributed by atoms with van der Waals surface area (Å²) in [5.41, 5.74) is 1.22. The van der Waals surface area contributed by atoms with Gasteiger partial charge in [-0.1, -0.05) is 18.2 Å². The molecule has 1 aliphatic heterocycles. The predicted molar refractivity (Wildman–Crippen MR) is 77.6 cm³/mol. The normalized spacial score (nSPS) is 18.8. The summed E-state index contributed by atoms with van der Waals surface area (Å²) in [4.78, 5) is 16.1. The number of urea groups is 1. The molecule has 0 aliphatic carbocycles. The zero-order valence-electron chi connectivity index (χ0n) is 11.0. The van der Waals surface area contributed by atoms with E-state index in [4.69, 9.17) is 0 Å². The molecular formula is C14H13N3O3S. The highest BCUT2D eigenvalue weighted by Crippen LogP contribution is 2.32. The van der Waals surface area contributed by atoms with Crippen molar-refractivity contribution in [3.05, 3.63) is 54.4 Å². The summed E-state index contributed by atoms with van der Waals surface area (Å²) < 4.78 is 24.0. The maximum atomic E-state index is 12.0. The van der Waals surface area contributed by atoms with Gasteiger partial charge in [0.25, 0.3) is 0 Å². The van der Waals surface area contributed by atoms with Gasteiger partial charge >= 0.3 is 6.03 Å². The molecule has 1 unspecified atom stereocenters. The lowest BCUT2D eigenvalue weighted by molar-refractivity contribution is 0.249. The third-order valence-electron chi connectivity index (χ3n) is 3.26. The molecule has 2 N–H and O–H groups in total. The van der Waals surface area contributed by atoms with Crippen molar-refractivity contribution in [3.63, 3.8) is 0 Å². The van der Waals surface area contributed by atoms with Gasteiger partial charge in [-0.25, -0.2) is 13.2 Å². The van der Waals surface area contributed by atoms with Gasteiger partial charge in [0.05, 0.1) is 16.7 Å². The summed E-state index contributed by atoms with van der Waals surface area (Å²) in [6.45, 7) is 0. The number of aromatic nitrogens is 1. The molecule has 1 aliphatic rings. The first-order valence-electron chi connectivity index (χ1n) is 6.35. The van der Waals surface area contributed by atoms with Crippen molar-refractivity contribution < 1.29 is 13.2 Å². The average Bonchev–Trinajstić information content (AvgIpc) is 2.72. The molecule has 0 fully saturated rings. The first kappa shape index (κ1) is 13.6. The van der Waals surface area contributed by atoms with Crippen LogP contribution in [0.25, 0.3) is 0 Å². The van der Waals surface area contributed by atoms with E-state index >= 15 is 0 Å². The Morgan fingerprint density at radius 2 is 1.86 bits per heavy atom. The second-order valence-corrected chi connectivity index (χ2v) is 6.71. The van der Waals surface area contributed by atoms with Crippen LogP contribution in [0.1, 0.15) is 11.6 Å². The van der Waals surface area contributed by atoms with E-state index in [1.54, 1.807) is 48.8 Å². The second-order valence-electron chi connectivity index (χ2n) is 4.71. The van der Waals surface area contributed by atoms with Crippen LogP contribution in [0.4, 0.5) is 10.5 Å². The largest absolute Gasteiger partial charge is 0.330 e. The molecule has 1 aromatic heterocycles. The number of carbonyl (C=O) groups excluding carboxylic acids is 1. The van der Waals surface area contributed by atoms with Crippen LogP contribution in [0.3, 0.4) is 0 Å². The minimum Gasteiger partial charge on any atom is -0.330 e. The highest BCUT2D eigenvalue weighted by Gasteiger charge is 2.35. The van der Waals surface area contributed by atoms with Crippen molar-refractivity contribution >= 4 is 21.6 Å². The van der Waals surface area contributed by atoms with E-state index in [1.165, 1.54) is 0 Å². The third-order valence-corrected chi connectivity index (χ3v) is 5.07. The van der Waals surface area contributed by atoms with E-state index in [0.29, 0.717) is 16.1 Å². The van der Waals surface area contributed by atoms with Gasteiger partial charge in [0.2, 0.25) is 0 Å².